The van der Waals surface area contributed by atoms with Gasteiger partial charge in [0.25, 0.3) is 5.56 Å². The number of aliphatic hydroxyl groups excluding tert-OH is 1. The van der Waals surface area contributed by atoms with Crippen molar-refractivity contribution in [3.63, 3.8) is 0 Å². The number of benzene rings is 3. The summed E-state index contributed by atoms with van der Waals surface area (Å²) in [5.41, 5.74) is 2.15. The Morgan fingerprint density at radius 2 is 1.86 bits per heavy atom. The number of H-pyrrole nitrogens is 1. The Morgan fingerprint density at radius 3 is 2.68 bits per heavy atom. The zero-order valence-corrected chi connectivity index (χ0v) is 19.8. The van der Waals surface area contributed by atoms with Crippen LogP contribution in [0.25, 0.3) is 21.9 Å². The number of aryl methyl sites for hydroxylation is 1. The maximum atomic E-state index is 12.7. The van der Waals surface area contributed by atoms with Crippen LogP contribution >= 0.6 is 0 Å². The summed E-state index contributed by atoms with van der Waals surface area (Å²) in [6.07, 6.45) is 0.366. The van der Waals surface area contributed by atoms with Gasteiger partial charge in [0.1, 0.15) is 24.2 Å². The minimum atomic E-state index is -1.02. The Kier molecular flexibility index (Phi) is 6.43. The monoisotopic (exact) mass is 500 g/mol. The molecule has 0 aliphatic rings. The molecule has 2 heterocycles. The zero-order chi connectivity index (χ0) is 25.9. The first-order chi connectivity index (χ1) is 17.9. The van der Waals surface area contributed by atoms with Crippen molar-refractivity contribution in [2.45, 2.75) is 12.6 Å². The number of nitrogens with zero attached hydrogens (tertiary/aromatic N) is 4. The van der Waals surface area contributed by atoms with Crippen molar-refractivity contribution in [2.24, 2.45) is 12.1 Å². The fraction of sp³-hybridized carbons (Fsp3) is 0.154. The number of para-hydroxylation sites is 1. The molecule has 0 saturated heterocycles. The van der Waals surface area contributed by atoms with Gasteiger partial charge in [0.15, 0.2) is 11.2 Å². The number of hydrogen-bond donors (Lipinski definition) is 4. The van der Waals surface area contributed by atoms with E-state index in [9.17, 15) is 19.8 Å². The first-order valence-corrected chi connectivity index (χ1v) is 11.5. The normalized spacial score (nSPS) is 12.4. The van der Waals surface area contributed by atoms with Gasteiger partial charge in [-0.05, 0) is 35.0 Å². The second kappa shape index (κ2) is 9.99. The van der Waals surface area contributed by atoms with Gasteiger partial charge in [-0.15, -0.1) is 0 Å². The maximum absolute atomic E-state index is 12.7. The molecule has 0 bridgehead atoms. The lowest BCUT2D eigenvalue weighted by molar-refractivity contribution is 0.0939. The third-order valence-corrected chi connectivity index (χ3v) is 5.87. The fourth-order valence-corrected chi connectivity index (χ4v) is 3.97. The molecule has 4 N–H and O–H groups in total. The number of phenols is 1. The molecular formula is C26H24N6O5. The minimum Gasteiger partial charge on any atom is -0.507 e. The summed E-state index contributed by atoms with van der Waals surface area (Å²) in [6, 6.07) is 20.1. The number of anilines is 1. The van der Waals surface area contributed by atoms with Crippen LogP contribution in [-0.4, -0.2) is 48.2 Å². The van der Waals surface area contributed by atoms with E-state index < -0.39 is 17.4 Å². The number of hydrogen-bond acceptors (Lipinski definition) is 8. The molecule has 0 saturated carbocycles. The van der Waals surface area contributed by atoms with Crippen molar-refractivity contribution in [1.29, 1.82) is 0 Å². The molecule has 5 rings (SSSR count). The van der Waals surface area contributed by atoms with Crippen LogP contribution in [0.5, 0.6) is 11.5 Å². The molecule has 0 fully saturated rings. The number of hydrazone groups is 1. The van der Waals surface area contributed by atoms with Crippen LogP contribution in [0.15, 0.2) is 81.4 Å². The summed E-state index contributed by atoms with van der Waals surface area (Å²) in [5.74, 6) is 0.763. The van der Waals surface area contributed by atoms with Crippen LogP contribution in [0.4, 0.5) is 5.95 Å². The predicted molar refractivity (Wildman–Crippen MR) is 140 cm³/mol. The molecule has 11 nitrogen and oxygen atoms in total. The van der Waals surface area contributed by atoms with Crippen LogP contribution in [-0.2, 0) is 13.6 Å². The number of imidazole rings is 1. The molecular weight excluding hydrogens is 476 g/mol. The quantitative estimate of drug-likeness (QED) is 0.189. The summed E-state index contributed by atoms with van der Waals surface area (Å²) in [4.78, 5) is 31.4. The predicted octanol–water partition coefficient (Wildman–Crippen LogP) is 2.17. The van der Waals surface area contributed by atoms with E-state index in [0.717, 1.165) is 10.8 Å². The van der Waals surface area contributed by atoms with E-state index in [1.165, 1.54) is 28.5 Å². The topological polar surface area (TPSA) is 147 Å². The van der Waals surface area contributed by atoms with Crippen LogP contribution in [0, 0.1) is 0 Å². The highest BCUT2D eigenvalue weighted by molar-refractivity contribution is 5.84. The smallest absolute Gasteiger partial charge is 0.329 e. The number of rotatable bonds is 8. The molecule has 0 spiro atoms. The molecule has 188 valence electrons. The number of aromatic nitrogens is 4. The van der Waals surface area contributed by atoms with E-state index >= 15 is 0 Å². The van der Waals surface area contributed by atoms with E-state index in [1.54, 1.807) is 18.2 Å². The van der Waals surface area contributed by atoms with Gasteiger partial charge in [0.2, 0.25) is 5.95 Å². The van der Waals surface area contributed by atoms with Crippen molar-refractivity contribution >= 4 is 34.1 Å². The largest absolute Gasteiger partial charge is 0.507 e. The van der Waals surface area contributed by atoms with Gasteiger partial charge in [0.05, 0.1) is 12.8 Å². The number of fused-ring (bicyclic) bond motifs is 2. The highest BCUT2D eigenvalue weighted by atomic mass is 16.5. The molecule has 0 amide bonds. The highest BCUT2D eigenvalue weighted by Crippen LogP contribution is 2.21. The van der Waals surface area contributed by atoms with Crippen molar-refractivity contribution in [2.75, 3.05) is 12.0 Å². The third kappa shape index (κ3) is 4.93. The first kappa shape index (κ1) is 23.8. The summed E-state index contributed by atoms with van der Waals surface area (Å²) in [7, 11) is 1.48. The lowest BCUT2D eigenvalue weighted by Crippen LogP contribution is -2.30. The second-order valence-corrected chi connectivity index (χ2v) is 8.44. The Balaban J connectivity index is 1.41. The van der Waals surface area contributed by atoms with Gasteiger partial charge >= 0.3 is 5.69 Å². The Bertz CT molecular complexity index is 1740. The van der Waals surface area contributed by atoms with E-state index in [-0.39, 0.29) is 36.0 Å². The van der Waals surface area contributed by atoms with Crippen molar-refractivity contribution in [1.82, 2.24) is 19.1 Å². The molecule has 5 aromatic rings. The Labute approximate surface area is 209 Å². The molecule has 3 aromatic carbocycles. The number of aromatic amines is 1. The van der Waals surface area contributed by atoms with Crippen molar-refractivity contribution < 1.29 is 14.9 Å². The molecule has 0 aliphatic carbocycles. The summed E-state index contributed by atoms with van der Waals surface area (Å²) < 4.78 is 8.43. The number of phenolic OH excluding ortho intramolecular Hbond substituents is 1. The van der Waals surface area contributed by atoms with Gasteiger partial charge in [0, 0.05) is 12.6 Å². The molecule has 1 atom stereocenters. The number of aliphatic hydroxyl groups is 1. The van der Waals surface area contributed by atoms with Gasteiger partial charge in [-0.2, -0.15) is 10.1 Å². The molecule has 11 heteroatoms. The maximum Gasteiger partial charge on any atom is 0.329 e. The SMILES string of the molecule is Cn1c(=O)[nH]c(=O)c2c1nc(N/N=C/c1ccccc1O)n2CC(O)COc1ccc2ccccc2c1. The van der Waals surface area contributed by atoms with Crippen LogP contribution < -0.4 is 21.4 Å². The Morgan fingerprint density at radius 1 is 1.11 bits per heavy atom. The lowest BCUT2D eigenvalue weighted by Gasteiger charge is -2.15. The summed E-state index contributed by atoms with van der Waals surface area (Å²) in [6.45, 7) is -0.123. The lowest BCUT2D eigenvalue weighted by atomic mass is 10.1. The average Bonchev–Trinajstić information content (AvgIpc) is 3.25. The van der Waals surface area contributed by atoms with Gasteiger partial charge < -0.3 is 19.5 Å². The van der Waals surface area contributed by atoms with Crippen molar-refractivity contribution in [3.05, 3.63) is 93.1 Å². The molecule has 1 unspecified atom stereocenters. The number of aromatic hydroxyl groups is 1. The van der Waals surface area contributed by atoms with E-state index in [1.807, 2.05) is 42.5 Å². The standard InChI is InChI=1S/C26H24N6O5/c1-31-23-22(24(35)29-26(31)36)32(25(28-23)30-27-13-18-8-4-5-9-21(18)34)14-19(33)15-37-20-11-10-16-6-2-3-7-17(16)12-20/h2-13,19,33-34H,14-15H2,1H3,(H,28,30)(H,29,35,36)/b27-13+. The minimum absolute atomic E-state index is 0.0432. The summed E-state index contributed by atoms with van der Waals surface area (Å²) in [5, 5.41) is 26.9. The number of nitrogens with one attached hydrogen (secondary N) is 2. The average molecular weight is 501 g/mol. The molecule has 2 aromatic heterocycles. The van der Waals surface area contributed by atoms with E-state index in [0.29, 0.717) is 11.3 Å². The van der Waals surface area contributed by atoms with Gasteiger partial charge in [-0.25, -0.2) is 10.2 Å². The number of ether oxygens (including phenoxy) is 1. The van der Waals surface area contributed by atoms with E-state index in [4.69, 9.17) is 4.74 Å². The first-order valence-electron chi connectivity index (χ1n) is 11.5. The van der Waals surface area contributed by atoms with Crippen LogP contribution in [0.1, 0.15) is 5.56 Å². The van der Waals surface area contributed by atoms with Crippen molar-refractivity contribution in [3.8, 4) is 11.5 Å². The third-order valence-electron chi connectivity index (χ3n) is 5.87. The zero-order valence-electron chi connectivity index (χ0n) is 19.8. The van der Waals surface area contributed by atoms with Crippen LogP contribution in [0.2, 0.25) is 0 Å². The van der Waals surface area contributed by atoms with Crippen LogP contribution in [0.3, 0.4) is 0 Å². The molecule has 0 aliphatic heterocycles. The summed E-state index contributed by atoms with van der Waals surface area (Å²) >= 11 is 0. The highest BCUT2D eigenvalue weighted by Gasteiger charge is 2.20. The fourth-order valence-electron chi connectivity index (χ4n) is 3.97. The van der Waals surface area contributed by atoms with Gasteiger partial charge in [-0.3, -0.25) is 14.3 Å². The second-order valence-electron chi connectivity index (χ2n) is 8.44. The Hall–Kier alpha value is -4.90. The van der Waals surface area contributed by atoms with E-state index in [2.05, 4.69) is 20.5 Å². The molecule has 37 heavy (non-hydrogen) atoms. The van der Waals surface area contributed by atoms with Gasteiger partial charge in [-0.1, -0.05) is 42.5 Å². The molecule has 0 radical (unpaired) electrons.